The van der Waals surface area contributed by atoms with Crippen molar-refractivity contribution in [3.63, 3.8) is 0 Å². The van der Waals surface area contributed by atoms with Crippen molar-refractivity contribution in [1.82, 2.24) is 24.3 Å². The van der Waals surface area contributed by atoms with Crippen LogP contribution in [0.25, 0.3) is 50.4 Å². The lowest BCUT2D eigenvalue weighted by Gasteiger charge is -2.31. The van der Waals surface area contributed by atoms with Gasteiger partial charge in [0.25, 0.3) is 0 Å². The number of para-hydroxylation sites is 2. The van der Waals surface area contributed by atoms with Crippen molar-refractivity contribution in [2.75, 3.05) is 4.90 Å². The minimum absolute atomic E-state index is 0.534. The van der Waals surface area contributed by atoms with E-state index in [0.717, 1.165) is 67.9 Å². The molecule has 214 valence electrons. The van der Waals surface area contributed by atoms with Gasteiger partial charge in [-0.25, -0.2) is 14.6 Å². The molecule has 7 heteroatoms. The number of hydrogen-bond donors (Lipinski definition) is 0. The maximum absolute atomic E-state index is 6.53. The zero-order chi connectivity index (χ0) is 29.7. The van der Waals surface area contributed by atoms with Crippen LogP contribution in [0.2, 0.25) is 0 Å². The van der Waals surface area contributed by atoms with Gasteiger partial charge in [-0.1, -0.05) is 72.8 Å². The summed E-state index contributed by atoms with van der Waals surface area (Å²) >= 11 is 0. The van der Waals surface area contributed by atoms with E-state index in [1.54, 1.807) is 0 Å². The Bertz CT molecular complexity index is 2340. The number of pyridine rings is 1. The molecule has 8 aromatic rings. The lowest BCUT2D eigenvalue weighted by atomic mass is 10.1. The van der Waals surface area contributed by atoms with Crippen LogP contribution in [-0.4, -0.2) is 24.3 Å². The van der Waals surface area contributed by atoms with Gasteiger partial charge >= 0.3 is 0 Å². The monoisotopic (exact) mass is 582 g/mol. The zero-order valence-corrected chi connectivity index (χ0v) is 24.2. The van der Waals surface area contributed by atoms with E-state index in [2.05, 4.69) is 81.2 Å². The molecule has 0 fully saturated rings. The standard InChI is InChI=1S/C38H26N6O/c1-2-11-26(12-3-1)37-40-38-32-16-5-6-17-33(32)42(25-43(38)41-37)27-13-10-14-28(23-27)45-29-20-21-31-30-15-4-7-18-34(30)44(35(31)24-29)36-19-8-9-22-39-36/h1-24H,25H2. The van der Waals surface area contributed by atoms with E-state index in [0.29, 0.717) is 6.67 Å². The first-order valence-electron chi connectivity index (χ1n) is 14.9. The van der Waals surface area contributed by atoms with Gasteiger partial charge in [0.05, 0.1) is 16.7 Å². The van der Waals surface area contributed by atoms with E-state index < -0.39 is 0 Å². The van der Waals surface area contributed by atoms with Gasteiger partial charge in [-0.2, -0.15) is 0 Å². The number of aromatic nitrogens is 5. The summed E-state index contributed by atoms with van der Waals surface area (Å²) in [4.78, 5) is 11.8. The molecule has 0 amide bonds. The van der Waals surface area contributed by atoms with E-state index in [1.165, 1.54) is 5.39 Å². The predicted octanol–water partition coefficient (Wildman–Crippen LogP) is 9.01. The molecule has 0 saturated heterocycles. The van der Waals surface area contributed by atoms with Crippen LogP contribution in [0.15, 0.2) is 146 Å². The molecule has 7 nitrogen and oxygen atoms in total. The Labute approximate surface area is 259 Å². The molecule has 5 aromatic carbocycles. The summed E-state index contributed by atoms with van der Waals surface area (Å²) in [6, 6.07) is 47.3. The second-order valence-corrected chi connectivity index (χ2v) is 11.0. The molecule has 45 heavy (non-hydrogen) atoms. The zero-order valence-electron chi connectivity index (χ0n) is 24.2. The Kier molecular flexibility index (Phi) is 5.74. The first-order valence-corrected chi connectivity index (χ1v) is 14.9. The van der Waals surface area contributed by atoms with Gasteiger partial charge in [0.2, 0.25) is 0 Å². The van der Waals surface area contributed by atoms with Gasteiger partial charge < -0.3 is 9.64 Å². The fourth-order valence-electron chi connectivity index (χ4n) is 6.28. The van der Waals surface area contributed by atoms with Crippen molar-refractivity contribution in [2.45, 2.75) is 6.67 Å². The molecule has 0 aliphatic carbocycles. The third kappa shape index (κ3) is 4.24. The first-order chi connectivity index (χ1) is 22.3. The molecule has 9 rings (SSSR count). The van der Waals surface area contributed by atoms with Crippen molar-refractivity contribution < 1.29 is 4.74 Å². The number of anilines is 2. The highest BCUT2D eigenvalue weighted by Gasteiger charge is 2.26. The fourth-order valence-corrected chi connectivity index (χ4v) is 6.28. The minimum atomic E-state index is 0.534. The number of ether oxygens (including phenoxy) is 1. The van der Waals surface area contributed by atoms with Crippen molar-refractivity contribution in [2.24, 2.45) is 0 Å². The smallest absolute Gasteiger partial charge is 0.181 e. The molecule has 0 saturated carbocycles. The molecule has 0 bridgehead atoms. The average Bonchev–Trinajstić information content (AvgIpc) is 3.68. The topological polar surface area (TPSA) is 61.0 Å². The molecule has 0 radical (unpaired) electrons. The summed E-state index contributed by atoms with van der Waals surface area (Å²) in [5.41, 5.74) is 6.27. The minimum Gasteiger partial charge on any atom is -0.457 e. The van der Waals surface area contributed by atoms with Crippen LogP contribution in [-0.2, 0) is 6.67 Å². The van der Waals surface area contributed by atoms with E-state index in [9.17, 15) is 0 Å². The van der Waals surface area contributed by atoms with E-state index in [-0.39, 0.29) is 0 Å². The summed E-state index contributed by atoms with van der Waals surface area (Å²) in [6.45, 7) is 0.534. The van der Waals surface area contributed by atoms with E-state index >= 15 is 0 Å². The maximum atomic E-state index is 6.53. The second kappa shape index (κ2) is 10.2. The Balaban J connectivity index is 1.08. The van der Waals surface area contributed by atoms with Crippen LogP contribution in [0.4, 0.5) is 11.4 Å². The molecule has 0 N–H and O–H groups in total. The van der Waals surface area contributed by atoms with Gasteiger partial charge in [-0.05, 0) is 54.6 Å². The quantitative estimate of drug-likeness (QED) is 0.203. The van der Waals surface area contributed by atoms with Gasteiger partial charge in [0.1, 0.15) is 24.0 Å². The highest BCUT2D eigenvalue weighted by Crippen LogP contribution is 2.41. The van der Waals surface area contributed by atoms with Crippen LogP contribution in [0.1, 0.15) is 0 Å². The van der Waals surface area contributed by atoms with Crippen molar-refractivity contribution in [3.05, 3.63) is 146 Å². The third-order valence-corrected chi connectivity index (χ3v) is 8.30. The van der Waals surface area contributed by atoms with Crippen molar-refractivity contribution in [3.8, 4) is 40.1 Å². The number of hydrogen-bond acceptors (Lipinski definition) is 5. The molecule has 1 aliphatic rings. The summed E-state index contributed by atoms with van der Waals surface area (Å²) in [5, 5.41) is 7.22. The maximum Gasteiger partial charge on any atom is 0.181 e. The van der Waals surface area contributed by atoms with Gasteiger partial charge in [-0.15, -0.1) is 5.10 Å². The summed E-state index contributed by atoms with van der Waals surface area (Å²) in [5.74, 6) is 3.96. The van der Waals surface area contributed by atoms with Crippen LogP contribution in [0, 0.1) is 0 Å². The number of rotatable bonds is 5. The molecule has 0 spiro atoms. The average molecular weight is 583 g/mol. The SMILES string of the molecule is c1ccc(-c2nc3n(n2)CN(c2cccc(Oc4ccc5c6ccccc6n(-c6ccccn6)c5c4)c2)c2ccccc2-3)cc1. The number of nitrogens with zero attached hydrogens (tertiary/aromatic N) is 6. The van der Waals surface area contributed by atoms with Gasteiger partial charge in [-0.3, -0.25) is 4.57 Å². The second-order valence-electron chi connectivity index (χ2n) is 11.0. The van der Waals surface area contributed by atoms with Crippen LogP contribution >= 0.6 is 0 Å². The van der Waals surface area contributed by atoms with Gasteiger partial charge in [0.15, 0.2) is 11.6 Å². The molecular weight excluding hydrogens is 556 g/mol. The predicted molar refractivity (Wildman–Crippen MR) is 178 cm³/mol. The largest absolute Gasteiger partial charge is 0.457 e. The van der Waals surface area contributed by atoms with Crippen molar-refractivity contribution in [1.29, 1.82) is 0 Å². The highest BCUT2D eigenvalue weighted by molar-refractivity contribution is 6.09. The Hall–Kier alpha value is -6.21. The summed E-state index contributed by atoms with van der Waals surface area (Å²) < 4.78 is 10.7. The van der Waals surface area contributed by atoms with Crippen LogP contribution < -0.4 is 9.64 Å². The Morgan fingerprint density at radius 3 is 2.33 bits per heavy atom. The normalized spacial score (nSPS) is 12.3. The molecular formula is C38H26N6O. The summed E-state index contributed by atoms with van der Waals surface area (Å²) in [7, 11) is 0. The molecule has 4 heterocycles. The third-order valence-electron chi connectivity index (χ3n) is 8.30. The molecule has 1 aliphatic heterocycles. The lowest BCUT2D eigenvalue weighted by molar-refractivity contribution is 0.483. The van der Waals surface area contributed by atoms with Crippen LogP contribution in [0.3, 0.4) is 0 Å². The Morgan fingerprint density at radius 1 is 0.622 bits per heavy atom. The van der Waals surface area contributed by atoms with E-state index in [1.807, 2.05) is 83.7 Å². The Morgan fingerprint density at radius 2 is 1.42 bits per heavy atom. The van der Waals surface area contributed by atoms with Crippen LogP contribution in [0.5, 0.6) is 11.5 Å². The first kappa shape index (κ1) is 25.3. The van der Waals surface area contributed by atoms with Gasteiger partial charge in [0, 0.05) is 45.9 Å². The molecule has 3 aromatic heterocycles. The highest BCUT2D eigenvalue weighted by atomic mass is 16.5. The summed E-state index contributed by atoms with van der Waals surface area (Å²) in [6.07, 6.45) is 1.82. The molecule has 0 atom stereocenters. The fraction of sp³-hybridized carbons (Fsp3) is 0.0263. The van der Waals surface area contributed by atoms with E-state index in [4.69, 9.17) is 14.8 Å². The molecule has 0 unspecified atom stereocenters. The van der Waals surface area contributed by atoms with Crippen molar-refractivity contribution >= 4 is 33.2 Å². The lowest BCUT2D eigenvalue weighted by Crippen LogP contribution is -2.27. The number of fused-ring (bicyclic) bond motifs is 6. The number of benzene rings is 5.